The molecule has 0 spiro atoms. The third-order valence-corrected chi connectivity index (χ3v) is 7.18. The lowest BCUT2D eigenvalue weighted by Crippen LogP contribution is -2.38. The number of pyridine rings is 1. The first-order valence-electron chi connectivity index (χ1n) is 12.5. The third-order valence-electron chi connectivity index (χ3n) is 7.18. The first-order chi connectivity index (χ1) is 17.8. The quantitative estimate of drug-likeness (QED) is 0.359. The van der Waals surface area contributed by atoms with Crippen LogP contribution < -0.4 is 5.32 Å². The number of imidazole rings is 1. The SMILES string of the molecule is CN/C=C(\C=N)c1ccnc(CN(CC2CCC[C@](C)(Cn3cnc4ccc(C#N)cc43)C2)C(=O)O)c1. The molecule has 0 saturated heterocycles. The molecule has 3 aromatic rings. The Kier molecular flexibility index (Phi) is 7.87. The number of nitrogens with one attached hydrogen (secondary N) is 2. The number of hydrogen-bond donors (Lipinski definition) is 3. The fourth-order valence-electron chi connectivity index (χ4n) is 5.51. The molecule has 1 saturated carbocycles. The lowest BCUT2D eigenvalue weighted by molar-refractivity contribution is 0.0922. The van der Waals surface area contributed by atoms with Crippen LogP contribution in [0.3, 0.4) is 0 Å². The highest BCUT2D eigenvalue weighted by molar-refractivity contribution is 6.08. The van der Waals surface area contributed by atoms with Gasteiger partial charge in [0.2, 0.25) is 0 Å². The first-order valence-corrected chi connectivity index (χ1v) is 12.5. The number of amides is 1. The second-order valence-corrected chi connectivity index (χ2v) is 10.2. The summed E-state index contributed by atoms with van der Waals surface area (Å²) < 4.78 is 2.13. The van der Waals surface area contributed by atoms with Gasteiger partial charge in [-0.05, 0) is 66.5 Å². The molecule has 2 aromatic heterocycles. The fourth-order valence-corrected chi connectivity index (χ4v) is 5.51. The van der Waals surface area contributed by atoms with Gasteiger partial charge in [-0.15, -0.1) is 0 Å². The average Bonchev–Trinajstić information content (AvgIpc) is 3.28. The average molecular weight is 500 g/mol. The zero-order valence-corrected chi connectivity index (χ0v) is 21.3. The van der Waals surface area contributed by atoms with Crippen LogP contribution in [0, 0.1) is 28.1 Å². The highest BCUT2D eigenvalue weighted by Gasteiger charge is 2.34. The van der Waals surface area contributed by atoms with Gasteiger partial charge in [-0.2, -0.15) is 5.26 Å². The van der Waals surface area contributed by atoms with E-state index < -0.39 is 6.09 Å². The Labute approximate surface area is 217 Å². The number of aromatic nitrogens is 3. The molecule has 4 rings (SSSR count). The van der Waals surface area contributed by atoms with Crippen molar-refractivity contribution in [1.82, 2.24) is 24.8 Å². The highest BCUT2D eigenvalue weighted by atomic mass is 16.4. The molecule has 1 fully saturated rings. The standard InChI is InChI=1S/C28H33N7O2/c1-28(18-35-19-33-25-6-5-20(13-29)10-26(25)35)8-3-4-21(12-28)16-34(27(36)37)17-24-11-22(7-9-32-24)23(14-30)15-31-2/h5-7,9-11,14-15,19,21,30-31H,3-4,8,12,16-18H2,1-2H3,(H,36,37)/b23-15+,30-14?/t21?,28-/m0/s1. The molecule has 3 N–H and O–H groups in total. The number of nitriles is 1. The van der Waals surface area contributed by atoms with Crippen molar-refractivity contribution in [1.29, 1.82) is 10.7 Å². The Morgan fingerprint density at radius 1 is 1.38 bits per heavy atom. The molecule has 9 heteroatoms. The minimum atomic E-state index is -0.956. The van der Waals surface area contributed by atoms with E-state index in [9.17, 15) is 15.2 Å². The van der Waals surface area contributed by atoms with Gasteiger partial charge in [0, 0.05) is 44.3 Å². The number of nitrogens with zero attached hydrogens (tertiary/aromatic N) is 5. The molecule has 1 amide bonds. The summed E-state index contributed by atoms with van der Waals surface area (Å²) in [5.74, 6) is 0.240. The van der Waals surface area contributed by atoms with Crippen LogP contribution in [0.4, 0.5) is 4.79 Å². The molecule has 9 nitrogen and oxygen atoms in total. The molecule has 2 atom stereocenters. The molecule has 0 bridgehead atoms. The lowest BCUT2D eigenvalue weighted by atomic mass is 9.70. The Balaban J connectivity index is 1.47. The van der Waals surface area contributed by atoms with Crippen LogP contribution in [-0.4, -0.2) is 50.4 Å². The maximum Gasteiger partial charge on any atom is 0.407 e. The number of carboxylic acid groups (broad SMARTS) is 1. The van der Waals surface area contributed by atoms with Gasteiger partial charge in [-0.3, -0.25) is 4.98 Å². The van der Waals surface area contributed by atoms with Crippen LogP contribution >= 0.6 is 0 Å². The molecule has 1 aromatic carbocycles. The Morgan fingerprint density at radius 3 is 2.95 bits per heavy atom. The van der Waals surface area contributed by atoms with Crippen LogP contribution in [0.15, 0.2) is 49.1 Å². The number of rotatable bonds is 9. The molecule has 0 aliphatic heterocycles. The fraction of sp³-hybridized carbons (Fsp3) is 0.393. The number of benzene rings is 1. The van der Waals surface area contributed by atoms with Gasteiger partial charge >= 0.3 is 6.09 Å². The maximum absolute atomic E-state index is 12.2. The number of allylic oxidation sites excluding steroid dienone is 1. The largest absolute Gasteiger partial charge is 0.465 e. The molecule has 37 heavy (non-hydrogen) atoms. The van der Waals surface area contributed by atoms with E-state index in [0.29, 0.717) is 23.4 Å². The van der Waals surface area contributed by atoms with Gasteiger partial charge < -0.3 is 25.3 Å². The summed E-state index contributed by atoms with van der Waals surface area (Å²) in [5.41, 5.74) is 4.61. The molecule has 192 valence electrons. The molecule has 1 unspecified atom stereocenters. The summed E-state index contributed by atoms with van der Waals surface area (Å²) >= 11 is 0. The summed E-state index contributed by atoms with van der Waals surface area (Å²) in [6, 6.07) is 11.4. The van der Waals surface area contributed by atoms with Crippen molar-refractivity contribution in [2.24, 2.45) is 11.3 Å². The lowest BCUT2D eigenvalue weighted by Gasteiger charge is -2.40. The molecular formula is C28H33N7O2. The van der Waals surface area contributed by atoms with Crippen molar-refractivity contribution in [3.8, 4) is 6.07 Å². The smallest absolute Gasteiger partial charge is 0.407 e. The minimum absolute atomic E-state index is 0.00164. The van der Waals surface area contributed by atoms with Crippen LogP contribution in [0.25, 0.3) is 16.6 Å². The second kappa shape index (κ2) is 11.2. The van der Waals surface area contributed by atoms with Crippen molar-refractivity contribution in [2.45, 2.75) is 45.7 Å². The summed E-state index contributed by atoms with van der Waals surface area (Å²) in [5, 5.41) is 29.9. The van der Waals surface area contributed by atoms with Gasteiger partial charge in [0.15, 0.2) is 0 Å². The van der Waals surface area contributed by atoms with Crippen molar-refractivity contribution < 1.29 is 9.90 Å². The van der Waals surface area contributed by atoms with Crippen LogP contribution in [-0.2, 0) is 13.1 Å². The van der Waals surface area contributed by atoms with E-state index in [1.807, 2.05) is 30.6 Å². The summed E-state index contributed by atoms with van der Waals surface area (Å²) in [6.07, 6.45) is 9.52. The minimum Gasteiger partial charge on any atom is -0.465 e. The van der Waals surface area contributed by atoms with Gasteiger partial charge in [-0.25, -0.2) is 9.78 Å². The number of carbonyl (C=O) groups is 1. The van der Waals surface area contributed by atoms with Crippen molar-refractivity contribution in [3.63, 3.8) is 0 Å². The number of fused-ring (bicyclic) bond motifs is 1. The Bertz CT molecular complexity index is 1360. The molecular weight excluding hydrogens is 466 g/mol. The predicted molar refractivity (Wildman–Crippen MR) is 143 cm³/mol. The van der Waals surface area contributed by atoms with Crippen LogP contribution in [0.2, 0.25) is 0 Å². The van der Waals surface area contributed by atoms with E-state index in [2.05, 4.69) is 32.8 Å². The topological polar surface area (TPSA) is 131 Å². The van der Waals surface area contributed by atoms with Crippen LogP contribution in [0.5, 0.6) is 0 Å². The summed E-state index contributed by atoms with van der Waals surface area (Å²) in [6.45, 7) is 3.69. The van der Waals surface area contributed by atoms with Gasteiger partial charge in [0.1, 0.15) is 0 Å². The van der Waals surface area contributed by atoms with E-state index in [4.69, 9.17) is 5.41 Å². The second-order valence-electron chi connectivity index (χ2n) is 10.2. The zero-order chi connectivity index (χ0) is 26.4. The van der Waals surface area contributed by atoms with E-state index in [1.54, 1.807) is 25.5 Å². The predicted octanol–water partition coefficient (Wildman–Crippen LogP) is 4.89. The molecule has 2 heterocycles. The van der Waals surface area contributed by atoms with Gasteiger partial charge in [0.25, 0.3) is 0 Å². The molecule has 1 aliphatic rings. The van der Waals surface area contributed by atoms with Gasteiger partial charge in [0.05, 0.1) is 41.2 Å². The van der Waals surface area contributed by atoms with Crippen LogP contribution in [0.1, 0.15) is 49.4 Å². The first kappa shape index (κ1) is 25.9. The van der Waals surface area contributed by atoms with Crippen molar-refractivity contribution >= 4 is 28.9 Å². The number of hydrogen-bond acceptors (Lipinski definition) is 6. The van der Waals surface area contributed by atoms with E-state index in [1.165, 1.54) is 11.1 Å². The summed E-state index contributed by atoms with van der Waals surface area (Å²) in [4.78, 5) is 22.5. The van der Waals surface area contributed by atoms with E-state index in [-0.39, 0.29) is 17.9 Å². The molecule has 1 aliphatic carbocycles. The Hall–Kier alpha value is -4.19. The van der Waals surface area contributed by atoms with Crippen molar-refractivity contribution in [3.05, 3.63) is 65.9 Å². The van der Waals surface area contributed by atoms with Gasteiger partial charge in [-0.1, -0.05) is 13.3 Å². The Morgan fingerprint density at radius 2 is 2.22 bits per heavy atom. The normalized spacial score (nSPS) is 19.8. The highest BCUT2D eigenvalue weighted by Crippen LogP contribution is 2.41. The third kappa shape index (κ3) is 6.15. The zero-order valence-electron chi connectivity index (χ0n) is 21.3. The van der Waals surface area contributed by atoms with E-state index >= 15 is 0 Å². The van der Waals surface area contributed by atoms with E-state index in [0.717, 1.165) is 48.8 Å². The molecule has 0 radical (unpaired) electrons. The monoisotopic (exact) mass is 499 g/mol. The maximum atomic E-state index is 12.2. The van der Waals surface area contributed by atoms with Crippen molar-refractivity contribution in [2.75, 3.05) is 13.6 Å². The summed E-state index contributed by atoms with van der Waals surface area (Å²) in [7, 11) is 1.77.